The first-order valence-electron chi connectivity index (χ1n) is 11.1. The molecule has 0 aromatic heterocycles. The van der Waals surface area contributed by atoms with Crippen LogP contribution in [0.3, 0.4) is 0 Å². The summed E-state index contributed by atoms with van der Waals surface area (Å²) in [5, 5.41) is 6.25. The molecule has 2 aromatic rings. The maximum absolute atomic E-state index is 12.9. The first-order valence-corrected chi connectivity index (χ1v) is 12.2. The molecule has 32 heavy (non-hydrogen) atoms. The third-order valence-electron chi connectivity index (χ3n) is 6.00. The van der Waals surface area contributed by atoms with Crippen LogP contribution in [0.4, 0.5) is 5.69 Å². The summed E-state index contributed by atoms with van der Waals surface area (Å²) in [5.41, 5.74) is 1.99. The summed E-state index contributed by atoms with van der Waals surface area (Å²) in [4.78, 5) is 27.8. The fourth-order valence-electron chi connectivity index (χ4n) is 3.91. The Morgan fingerprint density at radius 2 is 1.81 bits per heavy atom. The third-order valence-corrected chi connectivity index (χ3v) is 7.16. The molecule has 1 aliphatic heterocycles. The minimum atomic E-state index is -0.0575. The molecular weight excluding hydrogens is 517 g/mol. The van der Waals surface area contributed by atoms with E-state index in [-0.39, 0.29) is 18.2 Å². The van der Waals surface area contributed by atoms with Crippen molar-refractivity contribution in [3.8, 4) is 5.75 Å². The van der Waals surface area contributed by atoms with Gasteiger partial charge < -0.3 is 20.3 Å². The number of rotatable bonds is 9. The molecule has 0 atom stereocenters. The van der Waals surface area contributed by atoms with Crippen molar-refractivity contribution in [3.63, 3.8) is 0 Å². The van der Waals surface area contributed by atoms with Gasteiger partial charge in [0.15, 0.2) is 5.78 Å². The fraction of sp³-hybridized carbons (Fsp3) is 0.440. The van der Waals surface area contributed by atoms with Crippen molar-refractivity contribution < 1.29 is 14.3 Å². The zero-order valence-corrected chi connectivity index (χ0v) is 21.1. The first-order chi connectivity index (χ1) is 15.4. The zero-order valence-electron chi connectivity index (χ0n) is 19.0. The molecule has 7 heteroatoms. The molecule has 1 heterocycles. The van der Waals surface area contributed by atoms with Crippen LogP contribution in [0.5, 0.6) is 5.75 Å². The van der Waals surface area contributed by atoms with Gasteiger partial charge in [0.1, 0.15) is 5.75 Å². The predicted molar refractivity (Wildman–Crippen MR) is 137 cm³/mol. The second kappa shape index (κ2) is 11.7. The van der Waals surface area contributed by atoms with Crippen molar-refractivity contribution in [1.82, 2.24) is 10.2 Å². The summed E-state index contributed by atoms with van der Waals surface area (Å²) < 4.78 is 5.97. The van der Waals surface area contributed by atoms with Gasteiger partial charge in [-0.15, -0.1) is 0 Å². The Bertz CT molecular complexity index is 923. The number of halogens is 1. The van der Waals surface area contributed by atoms with Crippen molar-refractivity contribution in [2.24, 2.45) is 5.92 Å². The molecule has 0 saturated carbocycles. The molecule has 172 valence electrons. The van der Waals surface area contributed by atoms with E-state index in [1.807, 2.05) is 18.2 Å². The highest BCUT2D eigenvalue weighted by atomic mass is 127. The number of amides is 1. The van der Waals surface area contributed by atoms with Gasteiger partial charge in [0.2, 0.25) is 5.91 Å². The number of anilines is 1. The van der Waals surface area contributed by atoms with E-state index in [0.29, 0.717) is 28.8 Å². The van der Waals surface area contributed by atoms with Gasteiger partial charge in [0, 0.05) is 33.0 Å². The molecule has 1 saturated heterocycles. The van der Waals surface area contributed by atoms with Gasteiger partial charge in [-0.05, 0) is 105 Å². The lowest BCUT2D eigenvalue weighted by molar-refractivity contribution is -0.119. The summed E-state index contributed by atoms with van der Waals surface area (Å²) in [6, 6.07) is 13.2. The number of ketones is 1. The van der Waals surface area contributed by atoms with Gasteiger partial charge in [-0.25, -0.2) is 0 Å². The number of nitrogens with one attached hydrogen (secondary N) is 2. The van der Waals surface area contributed by atoms with Gasteiger partial charge in [-0.3, -0.25) is 9.59 Å². The molecule has 0 unspecified atom stereocenters. The number of carbonyl (C=O) groups excluding carboxylic acids is 2. The number of benzene rings is 2. The number of nitrogens with zero attached hydrogens (tertiary/aromatic N) is 1. The molecule has 2 N–H and O–H groups in total. The summed E-state index contributed by atoms with van der Waals surface area (Å²) in [6.07, 6.45) is 2.25. The second-order valence-corrected chi connectivity index (χ2v) is 9.53. The van der Waals surface area contributed by atoms with Crippen LogP contribution in [0.15, 0.2) is 42.5 Å². The Kier molecular flexibility index (Phi) is 8.92. The van der Waals surface area contributed by atoms with Crippen LogP contribution in [0.2, 0.25) is 0 Å². The minimum absolute atomic E-state index is 0.0287. The van der Waals surface area contributed by atoms with Crippen molar-refractivity contribution in [3.05, 3.63) is 57.2 Å². The van der Waals surface area contributed by atoms with Crippen LogP contribution in [0.25, 0.3) is 0 Å². The highest BCUT2D eigenvalue weighted by molar-refractivity contribution is 14.1. The normalized spacial score (nSPS) is 14.9. The number of hydrogen-bond donors (Lipinski definition) is 2. The quantitative estimate of drug-likeness (QED) is 0.363. The maximum Gasteiger partial charge on any atom is 0.239 e. The summed E-state index contributed by atoms with van der Waals surface area (Å²) in [5.74, 6) is 1.17. The number of likely N-dealkylation sites (tertiary alicyclic amines) is 1. The van der Waals surface area contributed by atoms with Crippen LogP contribution in [0, 0.1) is 9.49 Å². The predicted octanol–water partition coefficient (Wildman–Crippen LogP) is 4.18. The van der Waals surface area contributed by atoms with Crippen LogP contribution >= 0.6 is 22.6 Å². The van der Waals surface area contributed by atoms with E-state index in [1.54, 1.807) is 31.4 Å². The van der Waals surface area contributed by atoms with E-state index in [1.165, 1.54) is 0 Å². The fourth-order valence-corrected chi connectivity index (χ4v) is 4.71. The third kappa shape index (κ3) is 6.45. The monoisotopic (exact) mass is 549 g/mol. The Balaban J connectivity index is 1.52. The minimum Gasteiger partial charge on any atom is -0.497 e. The maximum atomic E-state index is 12.9. The van der Waals surface area contributed by atoms with Gasteiger partial charge in [0.25, 0.3) is 0 Å². The van der Waals surface area contributed by atoms with Crippen molar-refractivity contribution in [2.75, 3.05) is 38.6 Å². The zero-order chi connectivity index (χ0) is 23.1. The molecule has 1 aliphatic rings. The van der Waals surface area contributed by atoms with Crippen molar-refractivity contribution in [2.45, 2.75) is 32.7 Å². The number of piperidine rings is 1. The molecule has 1 amide bonds. The number of methoxy groups -OCH3 is 1. The van der Waals surface area contributed by atoms with Crippen LogP contribution in [-0.2, 0) is 4.79 Å². The van der Waals surface area contributed by atoms with E-state index in [2.05, 4.69) is 52.0 Å². The van der Waals surface area contributed by atoms with E-state index in [0.717, 1.165) is 41.7 Å². The SMILES string of the molecule is COc1ccc(C(=O)c2cccc(NCC(=O)NCC3CCN(C(C)C)CC3)c2I)cc1. The average molecular weight is 549 g/mol. The standard InChI is InChI=1S/C25H32IN3O3/c1-17(2)29-13-11-18(12-14-29)15-28-23(30)16-27-22-6-4-5-21(24(22)26)25(31)19-7-9-20(32-3)10-8-19/h4-10,17-18,27H,11-16H2,1-3H3,(H,28,30). The lowest BCUT2D eigenvalue weighted by Crippen LogP contribution is -2.42. The molecule has 3 rings (SSSR count). The van der Waals surface area contributed by atoms with E-state index < -0.39 is 0 Å². The smallest absolute Gasteiger partial charge is 0.239 e. The Labute approximate surface area is 204 Å². The van der Waals surface area contributed by atoms with Crippen LogP contribution < -0.4 is 15.4 Å². The summed E-state index contributed by atoms with van der Waals surface area (Å²) in [6.45, 7) is 7.57. The summed E-state index contributed by atoms with van der Waals surface area (Å²) >= 11 is 2.16. The largest absolute Gasteiger partial charge is 0.497 e. The summed E-state index contributed by atoms with van der Waals surface area (Å²) in [7, 11) is 1.60. The number of hydrogen-bond acceptors (Lipinski definition) is 5. The van der Waals surface area contributed by atoms with Crippen molar-refractivity contribution in [1.29, 1.82) is 0 Å². The van der Waals surface area contributed by atoms with Crippen LogP contribution in [0.1, 0.15) is 42.6 Å². The van der Waals surface area contributed by atoms with Crippen LogP contribution in [-0.4, -0.2) is 55.9 Å². The van der Waals surface area contributed by atoms with Crippen molar-refractivity contribution >= 4 is 40.0 Å². The highest BCUT2D eigenvalue weighted by Gasteiger charge is 2.21. The number of carbonyl (C=O) groups is 2. The molecule has 6 nitrogen and oxygen atoms in total. The topological polar surface area (TPSA) is 70.7 Å². The van der Waals surface area contributed by atoms with E-state index in [4.69, 9.17) is 4.74 Å². The molecule has 2 aromatic carbocycles. The molecule has 0 aliphatic carbocycles. The Morgan fingerprint density at radius 1 is 1.12 bits per heavy atom. The second-order valence-electron chi connectivity index (χ2n) is 8.46. The Morgan fingerprint density at radius 3 is 2.44 bits per heavy atom. The molecule has 0 spiro atoms. The number of ether oxygens (including phenoxy) is 1. The van der Waals surface area contributed by atoms with Gasteiger partial charge in [0.05, 0.1) is 13.7 Å². The lowest BCUT2D eigenvalue weighted by Gasteiger charge is -2.34. The molecule has 1 fully saturated rings. The van der Waals surface area contributed by atoms with E-state index >= 15 is 0 Å². The first kappa shape index (κ1) is 24.5. The molecular formula is C25H32IN3O3. The van der Waals surface area contributed by atoms with Gasteiger partial charge >= 0.3 is 0 Å². The molecule has 0 radical (unpaired) electrons. The lowest BCUT2D eigenvalue weighted by atomic mass is 9.96. The Hall–Kier alpha value is -2.13. The highest BCUT2D eigenvalue weighted by Crippen LogP contribution is 2.25. The van der Waals surface area contributed by atoms with E-state index in [9.17, 15) is 9.59 Å². The van der Waals surface area contributed by atoms with Gasteiger partial charge in [-0.1, -0.05) is 6.07 Å². The molecule has 0 bridgehead atoms. The average Bonchev–Trinajstić information content (AvgIpc) is 2.82. The van der Waals surface area contributed by atoms with Gasteiger partial charge in [-0.2, -0.15) is 0 Å².